The zero-order valence-corrected chi connectivity index (χ0v) is 18.4. The molecule has 6 heteroatoms. The molecule has 1 aliphatic heterocycles. The first kappa shape index (κ1) is 21.4. The van der Waals surface area contributed by atoms with Crippen LogP contribution >= 0.6 is 0 Å². The van der Waals surface area contributed by atoms with Crippen LogP contribution in [0.4, 0.5) is 0 Å². The Hall–Kier alpha value is -2.34. The molecule has 1 unspecified atom stereocenters. The fourth-order valence-electron chi connectivity index (χ4n) is 3.66. The summed E-state index contributed by atoms with van der Waals surface area (Å²) in [5.74, 6) is 2.39. The fourth-order valence-corrected chi connectivity index (χ4v) is 3.66. The van der Waals surface area contributed by atoms with E-state index in [0.717, 1.165) is 37.7 Å². The van der Waals surface area contributed by atoms with Gasteiger partial charge in [-0.05, 0) is 25.3 Å². The molecule has 3 rings (SSSR count). The summed E-state index contributed by atoms with van der Waals surface area (Å²) in [6.45, 7) is 11.4. The van der Waals surface area contributed by atoms with Crippen LogP contribution in [0.1, 0.15) is 63.8 Å². The van der Waals surface area contributed by atoms with Crippen molar-refractivity contribution in [3.8, 4) is 0 Å². The number of aromatic nitrogens is 1. The van der Waals surface area contributed by atoms with Gasteiger partial charge in [0.2, 0.25) is 5.89 Å². The Morgan fingerprint density at radius 3 is 2.52 bits per heavy atom. The molecule has 158 valence electrons. The molecule has 0 saturated carbocycles. The molecule has 29 heavy (non-hydrogen) atoms. The van der Waals surface area contributed by atoms with Gasteiger partial charge in [-0.25, -0.2) is 4.98 Å². The Kier molecular flexibility index (Phi) is 6.96. The first-order valence-electron chi connectivity index (χ1n) is 10.6. The van der Waals surface area contributed by atoms with Crippen molar-refractivity contribution in [3.63, 3.8) is 0 Å². The van der Waals surface area contributed by atoms with Crippen LogP contribution in [0.25, 0.3) is 0 Å². The lowest BCUT2D eigenvalue weighted by molar-refractivity contribution is 0.158. The minimum atomic E-state index is -0.0317. The highest BCUT2D eigenvalue weighted by Crippen LogP contribution is 2.24. The molecule has 0 bridgehead atoms. The highest BCUT2D eigenvalue weighted by molar-refractivity contribution is 5.79. The third-order valence-electron chi connectivity index (χ3n) is 5.62. The SMILES string of the molecule is CN=C(NCc1ncc(C(C)(C)C)o1)NC1CCN(C(C)c2ccccc2)CC1. The Morgan fingerprint density at radius 1 is 1.24 bits per heavy atom. The van der Waals surface area contributed by atoms with Gasteiger partial charge in [-0.3, -0.25) is 9.89 Å². The molecule has 2 aromatic rings. The van der Waals surface area contributed by atoms with Crippen LogP contribution in [0, 0.1) is 0 Å². The van der Waals surface area contributed by atoms with Crippen LogP contribution in [0.2, 0.25) is 0 Å². The minimum Gasteiger partial charge on any atom is -0.443 e. The molecule has 1 aromatic carbocycles. The van der Waals surface area contributed by atoms with Gasteiger partial charge in [-0.15, -0.1) is 0 Å². The van der Waals surface area contributed by atoms with Crippen LogP contribution in [0.15, 0.2) is 45.9 Å². The molecule has 2 heterocycles. The van der Waals surface area contributed by atoms with Crippen LogP contribution in [0.5, 0.6) is 0 Å². The summed E-state index contributed by atoms with van der Waals surface area (Å²) in [6.07, 6.45) is 4.02. The summed E-state index contributed by atoms with van der Waals surface area (Å²) in [5, 5.41) is 6.88. The van der Waals surface area contributed by atoms with Crippen molar-refractivity contribution in [2.45, 2.75) is 64.6 Å². The molecule has 2 N–H and O–H groups in total. The number of piperidine rings is 1. The van der Waals surface area contributed by atoms with Gasteiger partial charge in [0.1, 0.15) is 5.76 Å². The first-order valence-corrected chi connectivity index (χ1v) is 10.6. The molecule has 0 spiro atoms. The van der Waals surface area contributed by atoms with Gasteiger partial charge in [0.25, 0.3) is 0 Å². The predicted octanol–water partition coefficient (Wildman–Crippen LogP) is 3.86. The molecule has 0 amide bonds. The van der Waals surface area contributed by atoms with Crippen LogP contribution < -0.4 is 10.6 Å². The number of aliphatic imine (C=N–C) groups is 1. The zero-order chi connectivity index (χ0) is 20.9. The zero-order valence-electron chi connectivity index (χ0n) is 18.4. The number of oxazole rings is 1. The van der Waals surface area contributed by atoms with Gasteiger partial charge in [-0.1, -0.05) is 51.1 Å². The molecule has 1 aromatic heterocycles. The molecular weight excluding hydrogens is 362 g/mol. The van der Waals surface area contributed by atoms with E-state index in [1.165, 1.54) is 5.56 Å². The van der Waals surface area contributed by atoms with E-state index in [0.29, 0.717) is 24.5 Å². The van der Waals surface area contributed by atoms with E-state index in [2.05, 4.69) is 83.5 Å². The van der Waals surface area contributed by atoms with Crippen LogP contribution in [-0.4, -0.2) is 42.0 Å². The monoisotopic (exact) mass is 397 g/mol. The van der Waals surface area contributed by atoms with E-state index < -0.39 is 0 Å². The average molecular weight is 398 g/mol. The van der Waals surface area contributed by atoms with Crippen molar-refractivity contribution in [2.75, 3.05) is 20.1 Å². The summed E-state index contributed by atoms with van der Waals surface area (Å²) >= 11 is 0. The number of guanidine groups is 1. The number of hydrogen-bond donors (Lipinski definition) is 2. The Labute approximate surface area is 174 Å². The summed E-state index contributed by atoms with van der Waals surface area (Å²) in [5.41, 5.74) is 1.35. The van der Waals surface area contributed by atoms with Crippen molar-refractivity contribution in [1.82, 2.24) is 20.5 Å². The molecule has 0 radical (unpaired) electrons. The average Bonchev–Trinajstić information content (AvgIpc) is 3.21. The van der Waals surface area contributed by atoms with Gasteiger partial charge >= 0.3 is 0 Å². The second-order valence-corrected chi connectivity index (χ2v) is 8.84. The largest absolute Gasteiger partial charge is 0.443 e. The van der Waals surface area contributed by atoms with Crippen LogP contribution in [-0.2, 0) is 12.0 Å². The maximum atomic E-state index is 5.85. The fraction of sp³-hybridized carbons (Fsp3) is 0.565. The van der Waals surface area contributed by atoms with E-state index in [1.54, 1.807) is 7.05 Å². The molecule has 1 atom stereocenters. The number of benzene rings is 1. The second-order valence-electron chi connectivity index (χ2n) is 8.84. The van der Waals surface area contributed by atoms with Crippen molar-refractivity contribution in [2.24, 2.45) is 4.99 Å². The first-order chi connectivity index (χ1) is 13.9. The molecule has 0 aliphatic carbocycles. The number of likely N-dealkylation sites (tertiary alicyclic amines) is 1. The number of rotatable bonds is 5. The number of nitrogens with one attached hydrogen (secondary N) is 2. The lowest BCUT2D eigenvalue weighted by atomic mass is 9.94. The van der Waals surface area contributed by atoms with Crippen molar-refractivity contribution in [1.29, 1.82) is 0 Å². The van der Waals surface area contributed by atoms with Gasteiger partial charge in [0.05, 0.1) is 12.7 Å². The van der Waals surface area contributed by atoms with E-state index >= 15 is 0 Å². The van der Waals surface area contributed by atoms with E-state index in [9.17, 15) is 0 Å². The molecule has 1 fully saturated rings. The Morgan fingerprint density at radius 2 is 1.93 bits per heavy atom. The van der Waals surface area contributed by atoms with E-state index in [4.69, 9.17) is 4.42 Å². The number of nitrogens with zero attached hydrogens (tertiary/aromatic N) is 3. The van der Waals surface area contributed by atoms with Gasteiger partial charge < -0.3 is 15.1 Å². The maximum absolute atomic E-state index is 5.85. The molecule has 6 nitrogen and oxygen atoms in total. The van der Waals surface area contributed by atoms with E-state index in [1.807, 2.05) is 6.20 Å². The van der Waals surface area contributed by atoms with Crippen molar-refractivity contribution < 1.29 is 4.42 Å². The second kappa shape index (κ2) is 9.44. The van der Waals surface area contributed by atoms with Crippen molar-refractivity contribution >= 4 is 5.96 Å². The predicted molar refractivity (Wildman–Crippen MR) is 118 cm³/mol. The smallest absolute Gasteiger partial charge is 0.213 e. The third-order valence-corrected chi connectivity index (χ3v) is 5.62. The molecule has 1 aliphatic rings. The maximum Gasteiger partial charge on any atom is 0.213 e. The minimum absolute atomic E-state index is 0.0317. The lowest BCUT2D eigenvalue weighted by Gasteiger charge is -2.36. The Bertz CT molecular complexity index is 785. The highest BCUT2D eigenvalue weighted by atomic mass is 16.4. The quantitative estimate of drug-likeness (QED) is 0.592. The van der Waals surface area contributed by atoms with Crippen LogP contribution in [0.3, 0.4) is 0 Å². The highest BCUT2D eigenvalue weighted by Gasteiger charge is 2.24. The third kappa shape index (κ3) is 5.82. The summed E-state index contributed by atoms with van der Waals surface area (Å²) in [6, 6.07) is 11.6. The van der Waals surface area contributed by atoms with Crippen molar-refractivity contribution in [3.05, 3.63) is 53.7 Å². The Balaban J connectivity index is 1.45. The van der Waals surface area contributed by atoms with Gasteiger partial charge in [0.15, 0.2) is 5.96 Å². The summed E-state index contributed by atoms with van der Waals surface area (Å²) in [4.78, 5) is 11.3. The standard InChI is InChI=1S/C23H35N5O/c1-17(18-9-7-6-8-10-18)28-13-11-19(12-14-28)27-22(24-5)26-16-21-25-15-20(29-21)23(2,3)4/h6-10,15,17,19H,11-14,16H2,1-5H3,(H2,24,26,27). The summed E-state index contributed by atoms with van der Waals surface area (Å²) < 4.78 is 5.85. The summed E-state index contributed by atoms with van der Waals surface area (Å²) in [7, 11) is 1.80. The normalized spacial score (nSPS) is 17.9. The van der Waals surface area contributed by atoms with Gasteiger partial charge in [0, 0.05) is 37.6 Å². The number of hydrogen-bond acceptors (Lipinski definition) is 4. The topological polar surface area (TPSA) is 65.7 Å². The lowest BCUT2D eigenvalue weighted by Crippen LogP contribution is -2.48. The van der Waals surface area contributed by atoms with E-state index in [-0.39, 0.29) is 5.41 Å². The molecule has 1 saturated heterocycles. The molecular formula is C23H35N5O. The van der Waals surface area contributed by atoms with Gasteiger partial charge in [-0.2, -0.15) is 0 Å².